The summed E-state index contributed by atoms with van der Waals surface area (Å²) in [5.74, 6) is 0.717. The van der Waals surface area contributed by atoms with E-state index in [0.717, 1.165) is 25.3 Å². The van der Waals surface area contributed by atoms with Gasteiger partial charge >= 0.3 is 6.09 Å². The van der Waals surface area contributed by atoms with Crippen LogP contribution in [0.4, 0.5) is 4.79 Å². The van der Waals surface area contributed by atoms with Gasteiger partial charge in [-0.3, -0.25) is 0 Å². The van der Waals surface area contributed by atoms with Gasteiger partial charge in [-0.25, -0.2) is 4.79 Å². The van der Waals surface area contributed by atoms with E-state index in [2.05, 4.69) is 0 Å². The van der Waals surface area contributed by atoms with Crippen LogP contribution in [0.25, 0.3) is 0 Å². The summed E-state index contributed by atoms with van der Waals surface area (Å²) in [6.07, 6.45) is 0.926. The molecule has 0 radical (unpaired) electrons. The molecule has 0 aromatic heterocycles. The average Bonchev–Trinajstić information content (AvgIpc) is 3.32. The fourth-order valence-electron chi connectivity index (χ4n) is 1.88. The van der Waals surface area contributed by atoms with Gasteiger partial charge in [0.1, 0.15) is 11.4 Å². The van der Waals surface area contributed by atoms with Crippen LogP contribution in [0.3, 0.4) is 0 Å². The number of methoxy groups -OCH3 is 1. The molecular weight excluding hydrogens is 365 g/mol. The standard InChI is InChI=1S/C11H21NO3.C7H6Cl2O/c1-5-6-12(7-9-8-14-9)10(13)15-11(2,3)4;1-10-5-2-3-6(8)7(9)4-5/h9H,5-8H2,1-4H3;2-4H,1H3. The normalized spacial score (nSPS) is 15.7. The van der Waals surface area contributed by atoms with Crippen molar-refractivity contribution in [2.45, 2.75) is 45.8 Å². The smallest absolute Gasteiger partial charge is 0.410 e. The second kappa shape index (κ2) is 10.1. The zero-order valence-electron chi connectivity index (χ0n) is 15.5. The minimum Gasteiger partial charge on any atom is -0.497 e. The van der Waals surface area contributed by atoms with Gasteiger partial charge in [-0.1, -0.05) is 30.1 Å². The zero-order valence-corrected chi connectivity index (χ0v) is 17.0. The molecule has 2 rings (SSSR count). The Morgan fingerprint density at radius 2 is 1.96 bits per heavy atom. The molecular formula is C18H27Cl2NO4. The summed E-state index contributed by atoms with van der Waals surface area (Å²) >= 11 is 11.3. The minimum atomic E-state index is -0.423. The maximum absolute atomic E-state index is 11.8. The van der Waals surface area contributed by atoms with Gasteiger partial charge in [0.25, 0.3) is 0 Å². The van der Waals surface area contributed by atoms with Gasteiger partial charge in [0.2, 0.25) is 0 Å². The fraction of sp³-hybridized carbons (Fsp3) is 0.611. The third-order valence-corrected chi connectivity index (χ3v) is 3.84. The van der Waals surface area contributed by atoms with Gasteiger partial charge in [-0.15, -0.1) is 0 Å². The summed E-state index contributed by atoms with van der Waals surface area (Å²) in [6, 6.07) is 5.13. The summed E-state index contributed by atoms with van der Waals surface area (Å²) in [5.41, 5.74) is -0.423. The van der Waals surface area contributed by atoms with Crippen molar-refractivity contribution in [1.29, 1.82) is 0 Å². The molecule has 1 aliphatic rings. The number of epoxide rings is 1. The predicted octanol–water partition coefficient (Wildman–Crippen LogP) is 5.03. The molecule has 0 aliphatic carbocycles. The number of hydrogen-bond donors (Lipinski definition) is 0. The predicted molar refractivity (Wildman–Crippen MR) is 101 cm³/mol. The quantitative estimate of drug-likeness (QED) is 0.660. The van der Waals surface area contributed by atoms with Crippen LogP contribution in [0.15, 0.2) is 18.2 Å². The maximum Gasteiger partial charge on any atom is 0.410 e. The van der Waals surface area contributed by atoms with Gasteiger partial charge < -0.3 is 19.1 Å². The van der Waals surface area contributed by atoms with Crippen molar-refractivity contribution in [1.82, 2.24) is 4.90 Å². The molecule has 25 heavy (non-hydrogen) atoms. The van der Waals surface area contributed by atoms with Crippen LogP contribution in [0.1, 0.15) is 34.1 Å². The first-order valence-corrected chi connectivity index (χ1v) is 9.00. The second-order valence-corrected chi connectivity index (χ2v) is 7.48. The molecule has 0 bridgehead atoms. The Morgan fingerprint density at radius 1 is 1.32 bits per heavy atom. The molecule has 1 aromatic rings. The van der Waals surface area contributed by atoms with E-state index in [1.807, 2.05) is 27.7 Å². The van der Waals surface area contributed by atoms with Crippen molar-refractivity contribution in [3.63, 3.8) is 0 Å². The number of nitrogens with zero attached hydrogens (tertiary/aromatic N) is 1. The molecule has 1 aliphatic heterocycles. The van der Waals surface area contributed by atoms with Crippen molar-refractivity contribution in [3.05, 3.63) is 28.2 Å². The Hall–Kier alpha value is -1.17. The first-order valence-electron chi connectivity index (χ1n) is 8.24. The van der Waals surface area contributed by atoms with Crippen LogP contribution in [0.2, 0.25) is 10.0 Å². The number of amides is 1. The third kappa shape index (κ3) is 9.19. The molecule has 0 N–H and O–H groups in total. The lowest BCUT2D eigenvalue weighted by Gasteiger charge is -2.26. The highest BCUT2D eigenvalue weighted by Gasteiger charge is 2.29. The van der Waals surface area contributed by atoms with E-state index in [4.69, 9.17) is 37.4 Å². The van der Waals surface area contributed by atoms with Crippen LogP contribution in [0, 0.1) is 0 Å². The summed E-state index contributed by atoms with van der Waals surface area (Å²) < 4.78 is 15.3. The Labute approximate surface area is 160 Å². The van der Waals surface area contributed by atoms with E-state index < -0.39 is 5.60 Å². The summed E-state index contributed by atoms with van der Waals surface area (Å²) in [5, 5.41) is 1.06. The third-order valence-electron chi connectivity index (χ3n) is 3.10. The van der Waals surface area contributed by atoms with Crippen LogP contribution < -0.4 is 4.74 Å². The molecule has 1 amide bonds. The van der Waals surface area contributed by atoms with E-state index in [0.29, 0.717) is 16.6 Å². The average molecular weight is 392 g/mol. The summed E-state index contributed by atoms with van der Waals surface area (Å²) in [6.45, 7) is 9.83. The molecule has 0 spiro atoms. The van der Waals surface area contributed by atoms with Crippen LogP contribution in [0.5, 0.6) is 5.75 Å². The monoisotopic (exact) mass is 391 g/mol. The first kappa shape index (κ1) is 21.9. The Kier molecular flexibility index (Phi) is 8.83. The topological polar surface area (TPSA) is 51.3 Å². The Bertz CT molecular complexity index is 556. The van der Waals surface area contributed by atoms with Crippen LogP contribution in [-0.2, 0) is 9.47 Å². The van der Waals surface area contributed by atoms with Gasteiger partial charge in [0.05, 0.1) is 36.4 Å². The van der Waals surface area contributed by atoms with Crippen molar-refractivity contribution < 1.29 is 19.0 Å². The van der Waals surface area contributed by atoms with E-state index in [-0.39, 0.29) is 12.2 Å². The summed E-state index contributed by atoms with van der Waals surface area (Å²) in [7, 11) is 1.58. The van der Waals surface area contributed by atoms with E-state index in [1.54, 1.807) is 30.2 Å². The SMILES string of the molecule is CCCN(CC1CO1)C(=O)OC(C)(C)C.COc1ccc(Cl)c(Cl)c1. The molecule has 1 heterocycles. The molecule has 1 aromatic carbocycles. The van der Waals surface area contributed by atoms with E-state index in [1.165, 1.54) is 0 Å². The molecule has 0 saturated carbocycles. The van der Waals surface area contributed by atoms with E-state index in [9.17, 15) is 4.79 Å². The lowest BCUT2D eigenvalue weighted by molar-refractivity contribution is 0.0237. The van der Waals surface area contributed by atoms with Gasteiger partial charge in [0.15, 0.2) is 0 Å². The highest BCUT2D eigenvalue weighted by molar-refractivity contribution is 6.42. The molecule has 1 atom stereocenters. The molecule has 1 unspecified atom stereocenters. The number of carbonyl (C=O) groups is 1. The van der Waals surface area contributed by atoms with Gasteiger partial charge in [-0.2, -0.15) is 0 Å². The largest absolute Gasteiger partial charge is 0.497 e. The van der Waals surface area contributed by atoms with Crippen LogP contribution in [-0.4, -0.2) is 49.5 Å². The molecule has 142 valence electrons. The minimum absolute atomic E-state index is 0.226. The molecule has 5 nitrogen and oxygen atoms in total. The lowest BCUT2D eigenvalue weighted by Crippen LogP contribution is -2.39. The zero-order chi connectivity index (χ0) is 19.0. The Morgan fingerprint density at radius 3 is 2.40 bits per heavy atom. The Balaban J connectivity index is 0.000000271. The molecule has 1 fully saturated rings. The number of hydrogen-bond acceptors (Lipinski definition) is 4. The number of ether oxygens (including phenoxy) is 3. The number of rotatable bonds is 5. The van der Waals surface area contributed by atoms with Crippen LogP contribution >= 0.6 is 23.2 Å². The first-order chi connectivity index (χ1) is 11.7. The van der Waals surface area contributed by atoms with Crippen molar-refractivity contribution in [2.75, 3.05) is 26.8 Å². The van der Waals surface area contributed by atoms with E-state index >= 15 is 0 Å². The molecule has 1 saturated heterocycles. The second-order valence-electron chi connectivity index (χ2n) is 6.66. The highest BCUT2D eigenvalue weighted by Crippen LogP contribution is 2.25. The fourth-order valence-corrected chi connectivity index (χ4v) is 2.16. The molecule has 7 heteroatoms. The highest BCUT2D eigenvalue weighted by atomic mass is 35.5. The van der Waals surface area contributed by atoms with Gasteiger partial charge in [0, 0.05) is 12.6 Å². The lowest BCUT2D eigenvalue weighted by atomic mass is 10.2. The van der Waals surface area contributed by atoms with Crippen molar-refractivity contribution in [2.24, 2.45) is 0 Å². The number of halogens is 2. The van der Waals surface area contributed by atoms with Crippen molar-refractivity contribution in [3.8, 4) is 5.75 Å². The number of benzene rings is 1. The summed E-state index contributed by atoms with van der Waals surface area (Å²) in [4.78, 5) is 13.5. The van der Waals surface area contributed by atoms with Gasteiger partial charge in [-0.05, 0) is 39.3 Å². The maximum atomic E-state index is 11.8. The number of carbonyl (C=O) groups excluding carboxylic acids is 1. The van der Waals surface area contributed by atoms with Crippen molar-refractivity contribution >= 4 is 29.3 Å².